The van der Waals surface area contributed by atoms with Crippen LogP contribution in [0.5, 0.6) is 5.75 Å². The number of methoxy groups -OCH3 is 1. The summed E-state index contributed by atoms with van der Waals surface area (Å²) in [5, 5.41) is 14.1. The van der Waals surface area contributed by atoms with Crippen LogP contribution >= 0.6 is 0 Å². The van der Waals surface area contributed by atoms with Crippen LogP contribution in [0.3, 0.4) is 0 Å². The Kier molecular flexibility index (Phi) is 5.12. The molecule has 6 heteroatoms. The fourth-order valence-corrected chi connectivity index (χ4v) is 2.48. The highest BCUT2D eigenvalue weighted by molar-refractivity contribution is 6.03. The topological polar surface area (TPSA) is 76.1 Å². The first-order valence-corrected chi connectivity index (χ1v) is 8.19. The molecule has 0 aliphatic carbocycles. The van der Waals surface area contributed by atoms with Gasteiger partial charge in [0, 0.05) is 5.69 Å². The van der Waals surface area contributed by atoms with Crippen molar-refractivity contribution >= 4 is 23.1 Å². The van der Waals surface area contributed by atoms with Crippen LogP contribution < -0.4 is 15.4 Å². The Hall–Kier alpha value is -3.41. The molecule has 0 saturated carbocycles. The number of hydrogen-bond acceptors (Lipinski definition) is 5. The highest BCUT2D eigenvalue weighted by Crippen LogP contribution is 2.27. The molecule has 0 spiro atoms. The van der Waals surface area contributed by atoms with E-state index in [1.54, 1.807) is 19.2 Å². The molecule has 6 nitrogen and oxygen atoms in total. The number of rotatable bonds is 5. The average Bonchev–Trinajstić information content (AvgIpc) is 2.64. The summed E-state index contributed by atoms with van der Waals surface area (Å²) in [6.07, 6.45) is 0. The molecule has 0 aliphatic heterocycles. The molecule has 1 heterocycles. The minimum atomic E-state index is -0.300. The third-order valence-electron chi connectivity index (χ3n) is 3.91. The maximum atomic E-state index is 12.3. The Morgan fingerprint density at radius 3 is 2.46 bits per heavy atom. The largest absolute Gasteiger partial charge is 0.495 e. The number of para-hydroxylation sites is 1. The SMILES string of the molecule is COc1ccc(C)cc1Nc1ccc(C(=O)Nc2ccccc2C)nn1. The molecule has 0 aliphatic rings. The molecular weight excluding hydrogens is 328 g/mol. The molecule has 0 bridgehead atoms. The zero-order chi connectivity index (χ0) is 18.5. The molecule has 132 valence electrons. The summed E-state index contributed by atoms with van der Waals surface area (Å²) in [4.78, 5) is 12.3. The number of nitrogens with zero attached hydrogens (tertiary/aromatic N) is 2. The standard InChI is InChI=1S/C20H20N4O2/c1-13-8-10-18(26-3)17(12-13)21-19-11-9-16(23-24-19)20(25)22-15-7-5-4-6-14(15)2/h4-12H,1-3H3,(H,21,24)(H,22,25). The minimum absolute atomic E-state index is 0.245. The lowest BCUT2D eigenvalue weighted by Gasteiger charge is -2.11. The molecule has 3 rings (SSSR count). The zero-order valence-corrected chi connectivity index (χ0v) is 14.9. The van der Waals surface area contributed by atoms with E-state index < -0.39 is 0 Å². The molecule has 0 unspecified atom stereocenters. The zero-order valence-electron chi connectivity index (χ0n) is 14.9. The Balaban J connectivity index is 1.73. The van der Waals surface area contributed by atoms with Gasteiger partial charge in [-0.3, -0.25) is 4.79 Å². The summed E-state index contributed by atoms with van der Waals surface area (Å²) in [6.45, 7) is 3.93. The number of carbonyl (C=O) groups excluding carboxylic acids is 1. The van der Waals surface area contributed by atoms with E-state index in [0.29, 0.717) is 11.6 Å². The Labute approximate surface area is 152 Å². The van der Waals surface area contributed by atoms with E-state index >= 15 is 0 Å². The van der Waals surface area contributed by atoms with Gasteiger partial charge in [0.05, 0.1) is 12.8 Å². The Morgan fingerprint density at radius 1 is 0.962 bits per heavy atom. The summed E-state index contributed by atoms with van der Waals surface area (Å²) in [5.74, 6) is 0.937. The molecule has 26 heavy (non-hydrogen) atoms. The van der Waals surface area contributed by atoms with Gasteiger partial charge in [0.25, 0.3) is 5.91 Å². The minimum Gasteiger partial charge on any atom is -0.495 e. The number of hydrogen-bond donors (Lipinski definition) is 2. The summed E-state index contributed by atoms with van der Waals surface area (Å²) >= 11 is 0. The van der Waals surface area contributed by atoms with Crippen molar-refractivity contribution in [3.05, 3.63) is 71.4 Å². The van der Waals surface area contributed by atoms with Crippen molar-refractivity contribution < 1.29 is 9.53 Å². The van der Waals surface area contributed by atoms with E-state index in [1.165, 1.54) is 0 Å². The molecule has 1 amide bonds. The number of carbonyl (C=O) groups is 1. The van der Waals surface area contributed by atoms with Crippen molar-refractivity contribution in [1.29, 1.82) is 0 Å². The van der Waals surface area contributed by atoms with Gasteiger partial charge in [0.15, 0.2) is 11.5 Å². The van der Waals surface area contributed by atoms with Gasteiger partial charge < -0.3 is 15.4 Å². The van der Waals surface area contributed by atoms with Crippen LogP contribution in [0.2, 0.25) is 0 Å². The van der Waals surface area contributed by atoms with Crippen LogP contribution in [-0.2, 0) is 0 Å². The molecule has 2 N–H and O–H groups in total. The summed E-state index contributed by atoms with van der Waals surface area (Å²) in [6, 6.07) is 16.7. The van der Waals surface area contributed by atoms with Gasteiger partial charge in [-0.2, -0.15) is 0 Å². The molecule has 0 saturated heterocycles. The van der Waals surface area contributed by atoms with Crippen molar-refractivity contribution in [2.24, 2.45) is 0 Å². The van der Waals surface area contributed by atoms with E-state index in [0.717, 1.165) is 22.5 Å². The lowest BCUT2D eigenvalue weighted by atomic mass is 10.2. The van der Waals surface area contributed by atoms with Crippen LogP contribution in [-0.4, -0.2) is 23.2 Å². The first kappa shape index (κ1) is 17.4. The van der Waals surface area contributed by atoms with Gasteiger partial charge in [0.1, 0.15) is 5.75 Å². The van der Waals surface area contributed by atoms with Crippen molar-refractivity contribution in [3.8, 4) is 5.75 Å². The second kappa shape index (κ2) is 7.65. The van der Waals surface area contributed by atoms with Gasteiger partial charge in [-0.25, -0.2) is 0 Å². The number of aromatic nitrogens is 2. The lowest BCUT2D eigenvalue weighted by Crippen LogP contribution is -2.15. The number of benzene rings is 2. The normalized spacial score (nSPS) is 10.3. The van der Waals surface area contributed by atoms with E-state index in [4.69, 9.17) is 4.74 Å². The predicted octanol–water partition coefficient (Wildman–Crippen LogP) is 4.10. The van der Waals surface area contributed by atoms with Crippen LogP contribution in [0, 0.1) is 13.8 Å². The number of anilines is 3. The summed E-state index contributed by atoms with van der Waals surface area (Å²) in [5.41, 5.74) is 3.87. The van der Waals surface area contributed by atoms with Crippen LogP contribution in [0.25, 0.3) is 0 Å². The fraction of sp³-hybridized carbons (Fsp3) is 0.150. The Bertz CT molecular complexity index is 923. The molecule has 0 radical (unpaired) electrons. The van der Waals surface area contributed by atoms with Gasteiger partial charge in [0.2, 0.25) is 0 Å². The van der Waals surface area contributed by atoms with Crippen molar-refractivity contribution in [2.75, 3.05) is 17.7 Å². The third kappa shape index (κ3) is 3.97. The van der Waals surface area contributed by atoms with Crippen molar-refractivity contribution in [1.82, 2.24) is 10.2 Å². The first-order chi connectivity index (χ1) is 12.6. The number of ether oxygens (including phenoxy) is 1. The summed E-state index contributed by atoms with van der Waals surface area (Å²) in [7, 11) is 1.61. The van der Waals surface area contributed by atoms with E-state index in [9.17, 15) is 4.79 Å². The van der Waals surface area contributed by atoms with Crippen LogP contribution in [0.15, 0.2) is 54.6 Å². The van der Waals surface area contributed by atoms with Gasteiger partial charge in [-0.05, 0) is 55.3 Å². The Morgan fingerprint density at radius 2 is 1.77 bits per heavy atom. The van der Waals surface area contributed by atoms with E-state index in [2.05, 4.69) is 20.8 Å². The van der Waals surface area contributed by atoms with E-state index in [1.807, 2.05) is 56.3 Å². The number of nitrogens with one attached hydrogen (secondary N) is 2. The van der Waals surface area contributed by atoms with Gasteiger partial charge in [-0.1, -0.05) is 24.3 Å². The number of aryl methyl sites for hydroxylation is 2. The second-order valence-electron chi connectivity index (χ2n) is 5.90. The maximum Gasteiger partial charge on any atom is 0.276 e. The fourth-order valence-electron chi connectivity index (χ4n) is 2.48. The molecule has 0 fully saturated rings. The molecule has 2 aromatic carbocycles. The lowest BCUT2D eigenvalue weighted by molar-refractivity contribution is 0.102. The molecule has 3 aromatic rings. The monoisotopic (exact) mass is 348 g/mol. The average molecular weight is 348 g/mol. The molecule has 0 atom stereocenters. The first-order valence-electron chi connectivity index (χ1n) is 8.19. The quantitative estimate of drug-likeness (QED) is 0.726. The van der Waals surface area contributed by atoms with E-state index in [-0.39, 0.29) is 11.6 Å². The van der Waals surface area contributed by atoms with Crippen molar-refractivity contribution in [3.63, 3.8) is 0 Å². The van der Waals surface area contributed by atoms with Gasteiger partial charge in [-0.15, -0.1) is 10.2 Å². The predicted molar refractivity (Wildman–Crippen MR) is 102 cm³/mol. The third-order valence-corrected chi connectivity index (χ3v) is 3.91. The maximum absolute atomic E-state index is 12.3. The molecular formula is C20H20N4O2. The molecule has 1 aromatic heterocycles. The highest BCUT2D eigenvalue weighted by atomic mass is 16.5. The van der Waals surface area contributed by atoms with Crippen LogP contribution in [0.1, 0.15) is 21.6 Å². The number of amides is 1. The van der Waals surface area contributed by atoms with Gasteiger partial charge >= 0.3 is 0 Å². The van der Waals surface area contributed by atoms with Crippen molar-refractivity contribution in [2.45, 2.75) is 13.8 Å². The smallest absolute Gasteiger partial charge is 0.276 e. The summed E-state index contributed by atoms with van der Waals surface area (Å²) < 4.78 is 5.34. The van der Waals surface area contributed by atoms with Crippen LogP contribution in [0.4, 0.5) is 17.2 Å². The second-order valence-corrected chi connectivity index (χ2v) is 5.90. The highest BCUT2D eigenvalue weighted by Gasteiger charge is 2.11.